The molecule has 2 aromatic rings. The minimum absolute atomic E-state index is 0.0142. The first-order valence-corrected chi connectivity index (χ1v) is 16.0. The highest BCUT2D eigenvalue weighted by atomic mass is 19.1. The van der Waals surface area contributed by atoms with Crippen LogP contribution in [0.3, 0.4) is 0 Å². The Bertz CT molecular complexity index is 1510. The van der Waals surface area contributed by atoms with Gasteiger partial charge in [0.15, 0.2) is 12.5 Å². The Morgan fingerprint density at radius 3 is 1.50 bits per heavy atom. The summed E-state index contributed by atoms with van der Waals surface area (Å²) < 4.78 is 51.9. The summed E-state index contributed by atoms with van der Waals surface area (Å²) in [6.07, 6.45) is 10.7. The maximum Gasteiger partial charge on any atom is 0.332 e. The van der Waals surface area contributed by atoms with Gasteiger partial charge in [-0.3, -0.25) is 9.80 Å². The molecule has 10 unspecified atom stereocenters. The Morgan fingerprint density at radius 1 is 0.739 bits per heavy atom. The highest BCUT2D eigenvalue weighted by molar-refractivity contribution is 5.91. The molecule has 8 nitrogen and oxygen atoms in total. The third kappa shape index (κ3) is 4.85. The average Bonchev–Trinajstić information content (AvgIpc) is 3.89. The third-order valence-electron chi connectivity index (χ3n) is 10.9. The molecular weight excluding hydrogens is 594 g/mol. The molecule has 0 N–H and O–H groups in total. The molecule has 240 valence electrons. The van der Waals surface area contributed by atoms with Crippen LogP contribution in [0.4, 0.5) is 8.78 Å². The Hall–Kier alpha value is -3.70. The van der Waals surface area contributed by atoms with Crippen molar-refractivity contribution in [3.05, 3.63) is 108 Å². The molecule has 0 aliphatic carbocycles. The van der Waals surface area contributed by atoms with Gasteiger partial charge in [-0.1, -0.05) is 48.6 Å². The lowest BCUT2D eigenvalue weighted by Gasteiger charge is -2.32. The van der Waals surface area contributed by atoms with E-state index in [2.05, 4.69) is 34.1 Å². The molecule has 0 radical (unpaired) electrons. The van der Waals surface area contributed by atoms with Crippen molar-refractivity contribution in [2.24, 2.45) is 11.8 Å². The summed E-state index contributed by atoms with van der Waals surface area (Å²) in [6.45, 7) is 5.04. The van der Waals surface area contributed by atoms with Crippen LogP contribution >= 0.6 is 0 Å². The predicted octanol–water partition coefficient (Wildman–Crippen LogP) is 5.14. The van der Waals surface area contributed by atoms with Gasteiger partial charge < -0.3 is 18.9 Å². The van der Waals surface area contributed by atoms with Crippen molar-refractivity contribution in [2.45, 2.75) is 74.6 Å². The van der Waals surface area contributed by atoms with Crippen molar-refractivity contribution in [3.63, 3.8) is 0 Å². The quantitative estimate of drug-likeness (QED) is 0.226. The highest BCUT2D eigenvalue weighted by Crippen LogP contribution is 2.54. The molecule has 46 heavy (non-hydrogen) atoms. The first-order valence-electron chi connectivity index (χ1n) is 16.0. The summed E-state index contributed by atoms with van der Waals surface area (Å²) in [4.78, 5) is 30.6. The van der Waals surface area contributed by atoms with Crippen LogP contribution in [-0.2, 0) is 28.5 Å². The molecule has 10 heteroatoms. The molecule has 6 aliphatic heterocycles. The van der Waals surface area contributed by atoms with E-state index in [4.69, 9.17) is 18.9 Å². The Balaban J connectivity index is 0.975. The van der Waals surface area contributed by atoms with E-state index in [-0.39, 0.29) is 47.8 Å². The minimum Gasteiger partial charge on any atom is -0.443 e. The fraction of sp³-hybridized carbons (Fsp3) is 0.444. The molecule has 6 heterocycles. The van der Waals surface area contributed by atoms with Crippen LogP contribution in [0.1, 0.15) is 49.9 Å². The van der Waals surface area contributed by atoms with Gasteiger partial charge in [0.05, 0.1) is 12.2 Å². The number of rotatable bonds is 8. The van der Waals surface area contributed by atoms with Crippen LogP contribution in [0, 0.1) is 23.5 Å². The lowest BCUT2D eigenvalue weighted by Crippen LogP contribution is -2.39. The molecule has 0 aromatic heterocycles. The van der Waals surface area contributed by atoms with Crippen molar-refractivity contribution in [1.82, 2.24) is 9.80 Å². The van der Waals surface area contributed by atoms with E-state index in [1.807, 2.05) is 13.8 Å². The number of likely N-dealkylation sites (tertiary alicyclic amines) is 2. The Labute approximate surface area is 266 Å². The summed E-state index contributed by atoms with van der Waals surface area (Å²) in [5.74, 6) is -2.10. The van der Waals surface area contributed by atoms with Crippen molar-refractivity contribution in [3.8, 4) is 0 Å². The number of hydrogen-bond donors (Lipinski definition) is 0. The second-order valence-corrected chi connectivity index (χ2v) is 13.4. The number of fused-ring (bicyclic) bond motifs is 2. The van der Waals surface area contributed by atoms with Crippen LogP contribution in [0.25, 0.3) is 0 Å². The van der Waals surface area contributed by atoms with Gasteiger partial charge >= 0.3 is 11.9 Å². The number of hydrogen-bond acceptors (Lipinski definition) is 8. The summed E-state index contributed by atoms with van der Waals surface area (Å²) in [7, 11) is 0. The van der Waals surface area contributed by atoms with Crippen molar-refractivity contribution >= 4 is 11.9 Å². The summed E-state index contributed by atoms with van der Waals surface area (Å²) >= 11 is 0. The second kappa shape index (κ2) is 10.9. The van der Waals surface area contributed by atoms with E-state index in [0.717, 1.165) is 36.1 Å². The number of ether oxygens (including phenoxy) is 4. The van der Waals surface area contributed by atoms with Gasteiger partial charge in [0.1, 0.15) is 22.8 Å². The fourth-order valence-corrected chi connectivity index (χ4v) is 8.51. The Kier molecular flexibility index (Phi) is 7.06. The van der Waals surface area contributed by atoms with Gasteiger partial charge in [0.25, 0.3) is 0 Å². The van der Waals surface area contributed by atoms with E-state index in [1.165, 1.54) is 24.3 Å². The topological polar surface area (TPSA) is 77.5 Å². The van der Waals surface area contributed by atoms with Gasteiger partial charge in [-0.25, -0.2) is 18.4 Å². The molecule has 6 aliphatic rings. The van der Waals surface area contributed by atoms with E-state index in [0.29, 0.717) is 13.1 Å². The number of esters is 2. The van der Waals surface area contributed by atoms with Crippen LogP contribution < -0.4 is 0 Å². The van der Waals surface area contributed by atoms with Crippen LogP contribution in [0.15, 0.2) is 85.0 Å². The molecule has 10 atom stereocenters. The van der Waals surface area contributed by atoms with Crippen LogP contribution in [0.2, 0.25) is 0 Å². The van der Waals surface area contributed by atoms with Gasteiger partial charge in [-0.15, -0.1) is 0 Å². The number of halogens is 2. The third-order valence-corrected chi connectivity index (χ3v) is 10.9. The van der Waals surface area contributed by atoms with Crippen LogP contribution in [0.5, 0.6) is 0 Å². The summed E-state index contributed by atoms with van der Waals surface area (Å²) in [5, 5.41) is 0. The first kappa shape index (κ1) is 29.7. The molecule has 4 saturated heterocycles. The van der Waals surface area contributed by atoms with Gasteiger partial charge in [-0.2, -0.15) is 0 Å². The van der Waals surface area contributed by atoms with Gasteiger partial charge in [-0.05, 0) is 62.1 Å². The zero-order valence-corrected chi connectivity index (χ0v) is 25.6. The zero-order chi connectivity index (χ0) is 31.8. The smallest absolute Gasteiger partial charge is 0.332 e. The van der Waals surface area contributed by atoms with Crippen molar-refractivity contribution < 1.29 is 37.3 Å². The molecule has 8 rings (SSSR count). The molecule has 0 amide bonds. The van der Waals surface area contributed by atoms with E-state index in [1.54, 1.807) is 24.3 Å². The summed E-state index contributed by atoms with van der Waals surface area (Å²) in [6, 6.07) is 12.3. The maximum atomic E-state index is 13.6. The van der Waals surface area contributed by atoms with E-state index >= 15 is 0 Å². The zero-order valence-electron chi connectivity index (χ0n) is 25.6. The molecule has 0 saturated carbocycles. The number of nitrogens with zero attached hydrogens (tertiary/aromatic N) is 2. The van der Waals surface area contributed by atoms with E-state index in [9.17, 15) is 18.4 Å². The SMILES string of the molecule is CC(c1ccc(F)cc1)N1CC23C=CC(CC2C1OC(=O)/C=C/C(=O)OC1C2CC4C=CC2(CN1C(C)c1ccc(F)cc1)O4)O3. The second-order valence-electron chi connectivity index (χ2n) is 13.4. The lowest BCUT2D eigenvalue weighted by molar-refractivity contribution is -0.159. The average molecular weight is 631 g/mol. The van der Waals surface area contributed by atoms with Crippen LogP contribution in [-0.4, -0.2) is 70.7 Å². The van der Waals surface area contributed by atoms with E-state index < -0.39 is 35.6 Å². The highest BCUT2D eigenvalue weighted by Gasteiger charge is 2.63. The van der Waals surface area contributed by atoms with Gasteiger partial charge in [0, 0.05) is 49.2 Å². The maximum absolute atomic E-state index is 13.6. The molecule has 4 bridgehead atoms. The predicted molar refractivity (Wildman–Crippen MR) is 162 cm³/mol. The molecule has 4 fully saturated rings. The number of benzene rings is 2. The lowest BCUT2D eigenvalue weighted by atomic mass is 9.85. The standard InChI is InChI=1S/C36H36F2N2O6/c1-21(23-3-7-25(37)8-4-23)39-19-35-15-13-27(45-35)17-29(35)33(39)43-31(41)11-12-32(42)44-34-30-18-28-14-16-36(30,46-28)20-40(34)22(2)24-5-9-26(38)10-6-24/h3-16,21-22,27-30,33-34H,17-20H2,1-2H3/b12-11+. The fourth-order valence-electron chi connectivity index (χ4n) is 8.51. The van der Waals surface area contributed by atoms with Crippen molar-refractivity contribution in [2.75, 3.05) is 13.1 Å². The van der Waals surface area contributed by atoms with Gasteiger partial charge in [0.2, 0.25) is 0 Å². The first-order chi connectivity index (χ1) is 22.1. The van der Waals surface area contributed by atoms with Crippen molar-refractivity contribution in [1.29, 1.82) is 0 Å². The molecular formula is C36H36F2N2O6. The number of carbonyl (C=O) groups is 2. The molecule has 2 spiro atoms. The Morgan fingerprint density at radius 2 is 1.13 bits per heavy atom. The minimum atomic E-state index is -0.660. The monoisotopic (exact) mass is 630 g/mol. The summed E-state index contributed by atoms with van der Waals surface area (Å²) in [5.41, 5.74) is 0.689. The number of carbonyl (C=O) groups excluding carboxylic acids is 2. The molecule has 2 aromatic carbocycles. The normalized spacial score (nSPS) is 36.8. The largest absolute Gasteiger partial charge is 0.443 e.